The zero-order valence-corrected chi connectivity index (χ0v) is 18.6. The van der Waals surface area contributed by atoms with Gasteiger partial charge in [-0.1, -0.05) is 31.2 Å². The van der Waals surface area contributed by atoms with Gasteiger partial charge in [-0.3, -0.25) is 9.36 Å². The van der Waals surface area contributed by atoms with Crippen LogP contribution in [-0.4, -0.2) is 24.5 Å². The van der Waals surface area contributed by atoms with E-state index >= 15 is 0 Å². The molecule has 7 nitrogen and oxygen atoms in total. The van der Waals surface area contributed by atoms with E-state index in [1.807, 2.05) is 44.2 Å². The fourth-order valence-electron chi connectivity index (χ4n) is 4.31. The number of nitrogens with zero attached hydrogens (tertiary/aromatic N) is 4. The highest BCUT2D eigenvalue weighted by atomic mass is 19.1. The van der Waals surface area contributed by atoms with Crippen molar-refractivity contribution in [1.82, 2.24) is 24.5 Å². The summed E-state index contributed by atoms with van der Waals surface area (Å²) >= 11 is 0. The van der Waals surface area contributed by atoms with E-state index in [4.69, 9.17) is 0 Å². The van der Waals surface area contributed by atoms with Crippen LogP contribution in [0.4, 0.5) is 10.2 Å². The molecule has 0 amide bonds. The van der Waals surface area contributed by atoms with Gasteiger partial charge < -0.3 is 10.3 Å². The molecule has 0 bridgehead atoms. The Morgan fingerprint density at radius 3 is 2.73 bits per heavy atom. The first kappa shape index (κ1) is 20.8. The van der Waals surface area contributed by atoms with Crippen molar-refractivity contribution in [3.05, 3.63) is 88.1 Å². The fourth-order valence-corrected chi connectivity index (χ4v) is 4.31. The van der Waals surface area contributed by atoms with Crippen LogP contribution < -0.4 is 10.9 Å². The number of imidazole rings is 1. The molecule has 8 heteroatoms. The second-order valence-corrected chi connectivity index (χ2v) is 8.06. The Labute approximate surface area is 189 Å². The summed E-state index contributed by atoms with van der Waals surface area (Å²) in [5.41, 5.74) is 3.83. The van der Waals surface area contributed by atoms with Crippen molar-refractivity contribution in [3.63, 3.8) is 0 Å². The topological polar surface area (TPSA) is 88.5 Å². The molecule has 3 aromatic heterocycles. The highest BCUT2D eigenvalue weighted by Gasteiger charge is 2.22. The zero-order chi connectivity index (χ0) is 23.1. The Bertz CT molecular complexity index is 1550. The number of nitrogens with one attached hydrogen (secondary N) is 2. The minimum absolute atomic E-state index is 0.247. The second kappa shape index (κ2) is 8.12. The first-order valence-electron chi connectivity index (χ1n) is 10.8. The molecule has 0 saturated heterocycles. The molecule has 0 fully saturated rings. The van der Waals surface area contributed by atoms with E-state index in [0.29, 0.717) is 39.7 Å². The third-order valence-electron chi connectivity index (χ3n) is 6.07. The second-order valence-electron chi connectivity index (χ2n) is 8.06. The largest absolute Gasteiger partial charge is 0.360 e. The lowest BCUT2D eigenvalue weighted by atomic mass is 10.0. The van der Waals surface area contributed by atoms with Gasteiger partial charge in [-0.05, 0) is 55.0 Å². The SMILES string of the molecule is CC[C@H](Nc1ncnc2nc[nH]c12)c1cc2ccc(F)c(C)c2c(=O)n1-c1ccccc1C. The number of fused-ring (bicyclic) bond motifs is 2. The Hall–Kier alpha value is -4.07. The van der Waals surface area contributed by atoms with E-state index in [1.165, 1.54) is 12.4 Å². The normalized spacial score (nSPS) is 12.4. The van der Waals surface area contributed by atoms with Crippen molar-refractivity contribution in [2.24, 2.45) is 0 Å². The number of benzene rings is 2. The molecule has 33 heavy (non-hydrogen) atoms. The summed E-state index contributed by atoms with van der Waals surface area (Å²) in [5, 5.41) is 4.55. The fraction of sp³-hybridized carbons (Fsp3) is 0.200. The molecule has 0 aliphatic heterocycles. The zero-order valence-electron chi connectivity index (χ0n) is 18.6. The number of pyridine rings is 1. The van der Waals surface area contributed by atoms with E-state index in [0.717, 1.165) is 16.9 Å². The number of halogens is 1. The molecule has 0 saturated carbocycles. The molecule has 0 aliphatic rings. The van der Waals surface area contributed by atoms with E-state index in [2.05, 4.69) is 25.3 Å². The maximum absolute atomic E-state index is 14.4. The van der Waals surface area contributed by atoms with Crippen LogP contribution in [-0.2, 0) is 0 Å². The van der Waals surface area contributed by atoms with Crippen molar-refractivity contribution in [1.29, 1.82) is 0 Å². The van der Waals surface area contributed by atoms with E-state index in [9.17, 15) is 9.18 Å². The molecular weight excluding hydrogens is 419 g/mol. The summed E-state index contributed by atoms with van der Waals surface area (Å²) in [6, 6.07) is 12.5. The minimum atomic E-state index is -0.392. The third kappa shape index (κ3) is 3.44. The van der Waals surface area contributed by atoms with Crippen LogP contribution in [0.3, 0.4) is 0 Å². The molecule has 3 heterocycles. The number of anilines is 1. The van der Waals surface area contributed by atoms with Crippen molar-refractivity contribution >= 4 is 27.8 Å². The number of H-pyrrole nitrogens is 1. The van der Waals surface area contributed by atoms with Gasteiger partial charge in [0.05, 0.1) is 23.4 Å². The van der Waals surface area contributed by atoms with E-state index in [1.54, 1.807) is 23.9 Å². The Balaban J connectivity index is 1.78. The van der Waals surface area contributed by atoms with E-state index in [-0.39, 0.29) is 11.6 Å². The minimum Gasteiger partial charge on any atom is -0.360 e. The molecule has 0 spiro atoms. The number of rotatable bonds is 5. The van der Waals surface area contributed by atoms with Crippen molar-refractivity contribution < 1.29 is 4.39 Å². The van der Waals surface area contributed by atoms with Crippen LogP contribution >= 0.6 is 0 Å². The molecule has 1 atom stereocenters. The van der Waals surface area contributed by atoms with E-state index < -0.39 is 5.82 Å². The van der Waals surface area contributed by atoms with Crippen LogP contribution in [0.25, 0.3) is 27.6 Å². The molecule has 0 unspecified atom stereocenters. The summed E-state index contributed by atoms with van der Waals surface area (Å²) in [6.07, 6.45) is 3.71. The summed E-state index contributed by atoms with van der Waals surface area (Å²) in [5.74, 6) is 0.208. The van der Waals surface area contributed by atoms with Gasteiger partial charge in [0, 0.05) is 5.69 Å². The Kier molecular flexibility index (Phi) is 5.12. The third-order valence-corrected chi connectivity index (χ3v) is 6.07. The van der Waals surface area contributed by atoms with Crippen LogP contribution in [0.5, 0.6) is 0 Å². The van der Waals surface area contributed by atoms with Crippen LogP contribution in [0.2, 0.25) is 0 Å². The highest BCUT2D eigenvalue weighted by molar-refractivity contribution is 5.86. The summed E-state index contributed by atoms with van der Waals surface area (Å²) < 4.78 is 16.1. The van der Waals surface area contributed by atoms with Crippen LogP contribution in [0.1, 0.15) is 36.2 Å². The molecular formula is C25H23FN6O. The maximum Gasteiger partial charge on any atom is 0.263 e. The molecule has 166 valence electrons. The average Bonchev–Trinajstić information content (AvgIpc) is 3.30. The Morgan fingerprint density at radius 2 is 1.94 bits per heavy atom. The maximum atomic E-state index is 14.4. The average molecular weight is 442 g/mol. The van der Waals surface area contributed by atoms with Crippen molar-refractivity contribution in [2.75, 3.05) is 5.32 Å². The molecule has 5 aromatic rings. The van der Waals surface area contributed by atoms with Gasteiger partial charge in [-0.25, -0.2) is 19.3 Å². The number of hydrogen-bond acceptors (Lipinski definition) is 5. The molecule has 0 aliphatic carbocycles. The molecule has 5 rings (SSSR count). The monoisotopic (exact) mass is 442 g/mol. The number of aryl methyl sites for hydroxylation is 2. The van der Waals surface area contributed by atoms with Gasteiger partial charge in [-0.15, -0.1) is 0 Å². The van der Waals surface area contributed by atoms with Crippen LogP contribution in [0.15, 0.2) is 59.9 Å². The summed E-state index contributed by atoms with van der Waals surface area (Å²) in [6.45, 7) is 5.64. The number of aromatic amines is 1. The van der Waals surface area contributed by atoms with Gasteiger partial charge >= 0.3 is 0 Å². The quantitative estimate of drug-likeness (QED) is 0.401. The first-order chi connectivity index (χ1) is 16.0. The van der Waals surface area contributed by atoms with Crippen LogP contribution in [0, 0.1) is 19.7 Å². The lowest BCUT2D eigenvalue weighted by molar-refractivity contribution is 0.620. The summed E-state index contributed by atoms with van der Waals surface area (Å²) in [4.78, 5) is 29.7. The Morgan fingerprint density at radius 1 is 1.12 bits per heavy atom. The highest BCUT2D eigenvalue weighted by Crippen LogP contribution is 2.29. The van der Waals surface area contributed by atoms with Crippen molar-refractivity contribution in [3.8, 4) is 5.69 Å². The number of para-hydroxylation sites is 1. The molecule has 0 radical (unpaired) electrons. The molecule has 2 aromatic carbocycles. The standard InChI is InChI=1S/C25H23FN6O/c1-4-18(31-24-22-23(28-12-27-22)29-13-30-24)20-11-16-9-10-17(26)15(3)21(16)25(33)32(20)19-8-6-5-7-14(19)2/h5-13,18H,4H2,1-3H3,(H2,27,28,29,30,31)/t18-/m0/s1. The summed E-state index contributed by atoms with van der Waals surface area (Å²) in [7, 11) is 0. The lowest BCUT2D eigenvalue weighted by Gasteiger charge is -2.24. The van der Waals surface area contributed by atoms with Gasteiger partial charge in [-0.2, -0.15) is 0 Å². The number of hydrogen-bond donors (Lipinski definition) is 2. The van der Waals surface area contributed by atoms with Gasteiger partial charge in [0.25, 0.3) is 5.56 Å². The first-order valence-corrected chi connectivity index (χ1v) is 10.8. The predicted octanol–water partition coefficient (Wildman–Crippen LogP) is 4.98. The van der Waals surface area contributed by atoms with Crippen molar-refractivity contribution in [2.45, 2.75) is 33.2 Å². The molecule has 2 N–H and O–H groups in total. The lowest BCUT2D eigenvalue weighted by Crippen LogP contribution is -2.27. The van der Waals surface area contributed by atoms with Gasteiger partial charge in [0.2, 0.25) is 0 Å². The number of aromatic nitrogens is 5. The smallest absolute Gasteiger partial charge is 0.263 e. The van der Waals surface area contributed by atoms with Gasteiger partial charge in [0.1, 0.15) is 17.7 Å². The van der Waals surface area contributed by atoms with Gasteiger partial charge in [0.15, 0.2) is 11.5 Å². The predicted molar refractivity (Wildman–Crippen MR) is 127 cm³/mol.